The molecule has 1 unspecified atom stereocenters. The number of ether oxygens (including phenoxy) is 1. The number of hydrogen-bond acceptors (Lipinski definition) is 4. The largest absolute Gasteiger partial charge is 0.383 e. The molecule has 14 heavy (non-hydrogen) atoms. The molecule has 0 saturated heterocycles. The van der Waals surface area contributed by atoms with Crippen LogP contribution in [0, 0.1) is 0 Å². The lowest BCUT2D eigenvalue weighted by molar-refractivity contribution is 0.178. The van der Waals surface area contributed by atoms with Gasteiger partial charge in [0.2, 0.25) is 0 Å². The summed E-state index contributed by atoms with van der Waals surface area (Å²) in [6, 6.07) is 5.87. The van der Waals surface area contributed by atoms with Crippen LogP contribution in [-0.2, 0) is 4.74 Å². The maximum atomic E-state index is 5.76. The van der Waals surface area contributed by atoms with E-state index in [9.17, 15) is 0 Å². The van der Waals surface area contributed by atoms with E-state index in [0.717, 1.165) is 18.8 Å². The fraction of sp³-hybridized carbons (Fsp3) is 0.500. The minimum absolute atomic E-state index is 0.0937. The van der Waals surface area contributed by atoms with E-state index >= 15 is 0 Å². The van der Waals surface area contributed by atoms with Crippen LogP contribution in [-0.4, -0.2) is 31.3 Å². The first kappa shape index (κ1) is 10.9. The van der Waals surface area contributed by atoms with Gasteiger partial charge in [-0.05, 0) is 18.6 Å². The molecule has 0 spiro atoms. The van der Waals surface area contributed by atoms with Crippen molar-refractivity contribution >= 4 is 5.82 Å². The third-order valence-electron chi connectivity index (χ3n) is 1.87. The van der Waals surface area contributed by atoms with Crippen LogP contribution in [0.1, 0.15) is 6.42 Å². The van der Waals surface area contributed by atoms with Gasteiger partial charge in [-0.25, -0.2) is 4.98 Å². The summed E-state index contributed by atoms with van der Waals surface area (Å²) >= 11 is 0. The molecule has 0 aliphatic rings. The molecule has 0 amide bonds. The SMILES string of the molecule is COCC(N)CCNc1ccccn1. The molecule has 1 aromatic rings. The van der Waals surface area contributed by atoms with Gasteiger partial charge in [0, 0.05) is 25.9 Å². The molecule has 1 atom stereocenters. The van der Waals surface area contributed by atoms with E-state index in [4.69, 9.17) is 10.5 Å². The Morgan fingerprint density at radius 3 is 3.07 bits per heavy atom. The predicted octanol–water partition coefficient (Wildman–Crippen LogP) is 0.857. The second kappa shape index (κ2) is 6.34. The molecule has 1 rings (SSSR count). The van der Waals surface area contributed by atoms with Crippen LogP contribution in [0.15, 0.2) is 24.4 Å². The van der Waals surface area contributed by atoms with E-state index in [1.165, 1.54) is 0 Å². The van der Waals surface area contributed by atoms with Gasteiger partial charge < -0.3 is 15.8 Å². The zero-order valence-electron chi connectivity index (χ0n) is 8.44. The highest BCUT2D eigenvalue weighted by Crippen LogP contribution is 2.00. The summed E-state index contributed by atoms with van der Waals surface area (Å²) < 4.78 is 4.94. The number of nitrogens with one attached hydrogen (secondary N) is 1. The molecule has 0 aliphatic carbocycles. The van der Waals surface area contributed by atoms with Crippen LogP contribution < -0.4 is 11.1 Å². The van der Waals surface area contributed by atoms with Crippen LogP contribution in [0.2, 0.25) is 0 Å². The standard InChI is InChI=1S/C10H17N3O/c1-14-8-9(11)5-7-13-10-4-2-3-6-12-10/h2-4,6,9H,5,7-8,11H2,1H3,(H,12,13). The average Bonchev–Trinajstić information content (AvgIpc) is 2.20. The van der Waals surface area contributed by atoms with Gasteiger partial charge in [0.05, 0.1) is 6.61 Å². The van der Waals surface area contributed by atoms with E-state index in [0.29, 0.717) is 6.61 Å². The quantitative estimate of drug-likeness (QED) is 0.706. The summed E-state index contributed by atoms with van der Waals surface area (Å²) in [6.45, 7) is 1.42. The van der Waals surface area contributed by atoms with Crippen LogP contribution in [0.5, 0.6) is 0 Å². The highest BCUT2D eigenvalue weighted by molar-refractivity contribution is 5.32. The molecule has 0 aliphatic heterocycles. The van der Waals surface area contributed by atoms with Gasteiger partial charge in [0.25, 0.3) is 0 Å². The second-order valence-corrected chi connectivity index (χ2v) is 3.15. The Labute approximate surface area is 84.5 Å². The van der Waals surface area contributed by atoms with Gasteiger partial charge in [-0.15, -0.1) is 0 Å². The average molecular weight is 195 g/mol. The summed E-state index contributed by atoms with van der Waals surface area (Å²) in [5.74, 6) is 0.886. The van der Waals surface area contributed by atoms with E-state index in [2.05, 4.69) is 10.3 Å². The van der Waals surface area contributed by atoms with Gasteiger partial charge in [-0.2, -0.15) is 0 Å². The molecule has 0 fully saturated rings. The monoisotopic (exact) mass is 195 g/mol. The first-order valence-electron chi connectivity index (χ1n) is 4.72. The molecule has 0 radical (unpaired) electrons. The van der Waals surface area contributed by atoms with E-state index in [1.54, 1.807) is 13.3 Å². The fourth-order valence-electron chi connectivity index (χ4n) is 1.15. The van der Waals surface area contributed by atoms with Gasteiger partial charge in [-0.3, -0.25) is 0 Å². The van der Waals surface area contributed by atoms with Crippen molar-refractivity contribution in [3.63, 3.8) is 0 Å². The van der Waals surface area contributed by atoms with Crippen molar-refractivity contribution in [2.24, 2.45) is 5.73 Å². The highest BCUT2D eigenvalue weighted by Gasteiger charge is 2.00. The Morgan fingerprint density at radius 1 is 1.57 bits per heavy atom. The van der Waals surface area contributed by atoms with Gasteiger partial charge in [0.15, 0.2) is 0 Å². The smallest absolute Gasteiger partial charge is 0.125 e. The molecular weight excluding hydrogens is 178 g/mol. The molecule has 1 heterocycles. The Bertz CT molecular complexity index is 240. The van der Waals surface area contributed by atoms with Crippen LogP contribution >= 0.6 is 0 Å². The minimum atomic E-state index is 0.0937. The lowest BCUT2D eigenvalue weighted by Crippen LogP contribution is -2.28. The number of anilines is 1. The summed E-state index contributed by atoms with van der Waals surface area (Å²) in [5, 5.41) is 3.19. The Kier molecular flexibility index (Phi) is 4.96. The van der Waals surface area contributed by atoms with E-state index in [1.807, 2.05) is 18.2 Å². The molecule has 78 valence electrons. The molecule has 3 N–H and O–H groups in total. The fourth-order valence-corrected chi connectivity index (χ4v) is 1.15. The molecule has 0 bridgehead atoms. The Balaban J connectivity index is 2.16. The maximum absolute atomic E-state index is 5.76. The van der Waals surface area contributed by atoms with Crippen molar-refractivity contribution in [1.29, 1.82) is 0 Å². The first-order chi connectivity index (χ1) is 6.83. The summed E-state index contributed by atoms with van der Waals surface area (Å²) in [4.78, 5) is 4.14. The molecule has 4 heteroatoms. The van der Waals surface area contributed by atoms with Crippen molar-refractivity contribution in [3.8, 4) is 0 Å². The van der Waals surface area contributed by atoms with Crippen molar-refractivity contribution < 1.29 is 4.74 Å². The van der Waals surface area contributed by atoms with Crippen molar-refractivity contribution in [2.75, 3.05) is 25.6 Å². The zero-order valence-corrected chi connectivity index (χ0v) is 8.44. The van der Waals surface area contributed by atoms with Gasteiger partial charge >= 0.3 is 0 Å². The molecule has 4 nitrogen and oxygen atoms in total. The number of nitrogens with zero attached hydrogens (tertiary/aromatic N) is 1. The number of methoxy groups -OCH3 is 1. The van der Waals surface area contributed by atoms with Gasteiger partial charge in [0.1, 0.15) is 5.82 Å². The van der Waals surface area contributed by atoms with Crippen molar-refractivity contribution in [1.82, 2.24) is 4.98 Å². The van der Waals surface area contributed by atoms with E-state index < -0.39 is 0 Å². The van der Waals surface area contributed by atoms with Crippen molar-refractivity contribution in [3.05, 3.63) is 24.4 Å². The van der Waals surface area contributed by atoms with Crippen LogP contribution in [0.3, 0.4) is 0 Å². The number of hydrogen-bond donors (Lipinski definition) is 2. The third-order valence-corrected chi connectivity index (χ3v) is 1.87. The summed E-state index contributed by atoms with van der Waals surface area (Å²) in [7, 11) is 1.66. The summed E-state index contributed by atoms with van der Waals surface area (Å²) in [5.41, 5.74) is 5.76. The highest BCUT2D eigenvalue weighted by atomic mass is 16.5. The molecule has 0 saturated carbocycles. The first-order valence-corrected chi connectivity index (χ1v) is 4.72. The second-order valence-electron chi connectivity index (χ2n) is 3.15. The van der Waals surface area contributed by atoms with Crippen molar-refractivity contribution in [2.45, 2.75) is 12.5 Å². The Hall–Kier alpha value is -1.13. The van der Waals surface area contributed by atoms with Crippen LogP contribution in [0.4, 0.5) is 5.82 Å². The molecular formula is C10H17N3O. The summed E-state index contributed by atoms with van der Waals surface area (Å²) in [6.07, 6.45) is 2.64. The predicted molar refractivity (Wildman–Crippen MR) is 57.2 cm³/mol. The minimum Gasteiger partial charge on any atom is -0.383 e. The maximum Gasteiger partial charge on any atom is 0.125 e. The lowest BCUT2D eigenvalue weighted by atomic mass is 10.2. The topological polar surface area (TPSA) is 60.2 Å². The molecule has 1 aromatic heterocycles. The lowest BCUT2D eigenvalue weighted by Gasteiger charge is -2.10. The normalized spacial score (nSPS) is 12.4. The number of rotatable bonds is 6. The van der Waals surface area contributed by atoms with Gasteiger partial charge in [-0.1, -0.05) is 6.07 Å². The number of aromatic nitrogens is 1. The third kappa shape index (κ3) is 4.20. The number of nitrogens with two attached hydrogens (primary N) is 1. The Morgan fingerprint density at radius 2 is 2.43 bits per heavy atom. The number of pyridine rings is 1. The molecule has 0 aromatic carbocycles. The zero-order chi connectivity index (χ0) is 10.2. The van der Waals surface area contributed by atoms with E-state index in [-0.39, 0.29) is 6.04 Å². The van der Waals surface area contributed by atoms with Crippen LogP contribution in [0.25, 0.3) is 0 Å².